The average Bonchev–Trinajstić information content (AvgIpc) is 1.99. The van der Waals surface area contributed by atoms with Crippen molar-refractivity contribution in [2.24, 2.45) is 0 Å². The van der Waals surface area contributed by atoms with Crippen molar-refractivity contribution in [1.29, 1.82) is 0 Å². The number of carbonyl (C=O) groups excluding carboxylic acids is 1. The zero-order chi connectivity index (χ0) is 7.98. The molecule has 0 rings (SSSR count). The van der Waals surface area contributed by atoms with Crippen LogP contribution in [0.15, 0.2) is 12.7 Å². The third-order valence-corrected chi connectivity index (χ3v) is 0.878. The molecule has 0 aliphatic heterocycles. The fourth-order valence-electron chi connectivity index (χ4n) is 0.297. The van der Waals surface area contributed by atoms with Crippen molar-refractivity contribution < 1.29 is 9.18 Å². The van der Waals surface area contributed by atoms with Gasteiger partial charge < -0.3 is 0 Å². The normalized spacial score (nSPS) is 12.2. The molecule has 0 saturated heterocycles. The van der Waals surface area contributed by atoms with Gasteiger partial charge in [0.05, 0.1) is 0 Å². The topological polar surface area (TPSA) is 41.1 Å². The first kappa shape index (κ1) is 9.10. The molecule has 10 heavy (non-hydrogen) atoms. The van der Waals surface area contributed by atoms with E-state index < -0.39 is 6.30 Å². The number of halogens is 1. The van der Waals surface area contributed by atoms with Crippen LogP contribution in [0.25, 0.3) is 0 Å². The maximum atomic E-state index is 12.2. The molecule has 0 aliphatic rings. The van der Waals surface area contributed by atoms with E-state index in [4.69, 9.17) is 0 Å². The molecule has 1 amide bonds. The van der Waals surface area contributed by atoms with Gasteiger partial charge in [-0.3, -0.25) is 10.2 Å². The lowest BCUT2D eigenvalue weighted by Gasteiger charge is -2.05. The Balaban J connectivity index is 3.34. The summed E-state index contributed by atoms with van der Waals surface area (Å²) in [6, 6.07) is 0. The summed E-state index contributed by atoms with van der Waals surface area (Å²) in [7, 11) is 0. The maximum Gasteiger partial charge on any atom is 0.233 e. The molecule has 0 radical (unpaired) electrons. The summed E-state index contributed by atoms with van der Waals surface area (Å²) in [5.74, 6) is -0.246. The summed E-state index contributed by atoms with van der Waals surface area (Å²) in [6.45, 7) is 4.85. The van der Waals surface area contributed by atoms with Crippen molar-refractivity contribution in [1.82, 2.24) is 10.9 Å². The Bertz CT molecular complexity index is 127. The Morgan fingerprint density at radius 2 is 2.50 bits per heavy atom. The first-order chi connectivity index (χ1) is 4.70. The van der Waals surface area contributed by atoms with Crippen LogP contribution in [0.1, 0.15) is 13.3 Å². The minimum absolute atomic E-state index is 0.246. The molecule has 1 atom stereocenters. The van der Waals surface area contributed by atoms with Gasteiger partial charge in [0, 0.05) is 6.42 Å². The van der Waals surface area contributed by atoms with Crippen LogP contribution in [-0.4, -0.2) is 12.2 Å². The number of alkyl halides is 1. The lowest BCUT2D eigenvalue weighted by atomic mass is 10.5. The smallest absolute Gasteiger partial charge is 0.233 e. The fraction of sp³-hybridized carbons (Fsp3) is 0.500. The molecule has 0 fully saturated rings. The van der Waals surface area contributed by atoms with Crippen molar-refractivity contribution in [3.05, 3.63) is 12.7 Å². The Kier molecular flexibility index (Phi) is 4.49. The van der Waals surface area contributed by atoms with Crippen molar-refractivity contribution >= 4 is 5.91 Å². The molecule has 0 saturated carbocycles. The maximum absolute atomic E-state index is 12.2. The third-order valence-electron chi connectivity index (χ3n) is 0.878. The highest BCUT2D eigenvalue weighted by atomic mass is 19.1. The van der Waals surface area contributed by atoms with Crippen LogP contribution < -0.4 is 10.9 Å². The van der Waals surface area contributed by atoms with Gasteiger partial charge in [-0.2, -0.15) is 5.43 Å². The van der Waals surface area contributed by atoms with Crippen molar-refractivity contribution in [3.8, 4) is 0 Å². The number of hydrogen-bond donors (Lipinski definition) is 2. The molecule has 1 unspecified atom stereocenters. The minimum atomic E-state index is -1.38. The summed E-state index contributed by atoms with van der Waals surface area (Å²) in [5, 5.41) is 0. The average molecular weight is 146 g/mol. The summed E-state index contributed by atoms with van der Waals surface area (Å²) < 4.78 is 12.2. The molecule has 0 aromatic rings. The molecule has 0 bridgehead atoms. The predicted octanol–water partition coefficient (Wildman–Crippen LogP) is 0.499. The highest BCUT2D eigenvalue weighted by Gasteiger charge is 1.99. The Labute approximate surface area is 59.3 Å². The van der Waals surface area contributed by atoms with E-state index in [1.807, 2.05) is 0 Å². The molecule has 0 aliphatic carbocycles. The molecule has 3 nitrogen and oxygen atoms in total. The molecule has 2 N–H and O–H groups in total. The zero-order valence-electron chi connectivity index (χ0n) is 5.86. The molecule has 0 spiro atoms. The van der Waals surface area contributed by atoms with Crippen molar-refractivity contribution in [2.45, 2.75) is 19.6 Å². The molecule has 58 valence electrons. The second-order valence-corrected chi connectivity index (χ2v) is 1.68. The molecule has 4 heteroatoms. The van der Waals surface area contributed by atoms with Gasteiger partial charge in [-0.15, -0.1) is 0 Å². The molecular formula is C6H11FN2O. The van der Waals surface area contributed by atoms with E-state index in [2.05, 4.69) is 17.4 Å². The SMILES string of the molecule is C=CC(F)NNC(=O)CC. The van der Waals surface area contributed by atoms with E-state index in [1.54, 1.807) is 6.92 Å². The lowest BCUT2D eigenvalue weighted by molar-refractivity contribution is -0.122. The second kappa shape index (κ2) is 4.93. The van der Waals surface area contributed by atoms with Gasteiger partial charge in [0.2, 0.25) is 5.91 Å². The number of nitrogens with one attached hydrogen (secondary N) is 2. The fourth-order valence-corrected chi connectivity index (χ4v) is 0.297. The predicted molar refractivity (Wildman–Crippen MR) is 36.7 cm³/mol. The van der Waals surface area contributed by atoms with E-state index >= 15 is 0 Å². The zero-order valence-corrected chi connectivity index (χ0v) is 5.86. The lowest BCUT2D eigenvalue weighted by Crippen LogP contribution is -2.41. The van der Waals surface area contributed by atoms with Gasteiger partial charge in [0.25, 0.3) is 0 Å². The van der Waals surface area contributed by atoms with E-state index in [1.165, 1.54) is 0 Å². The molecule has 0 heterocycles. The Hall–Kier alpha value is -0.900. The number of rotatable bonds is 4. The van der Waals surface area contributed by atoms with E-state index in [9.17, 15) is 9.18 Å². The van der Waals surface area contributed by atoms with Crippen molar-refractivity contribution in [3.63, 3.8) is 0 Å². The molecule has 0 aromatic heterocycles. The minimum Gasteiger partial charge on any atom is -0.289 e. The highest BCUT2D eigenvalue weighted by Crippen LogP contribution is 1.81. The number of hydrogen-bond acceptors (Lipinski definition) is 2. The summed E-state index contributed by atoms with van der Waals surface area (Å²) >= 11 is 0. The van der Waals surface area contributed by atoms with Crippen LogP contribution in [0.5, 0.6) is 0 Å². The van der Waals surface area contributed by atoms with Gasteiger partial charge in [-0.1, -0.05) is 13.5 Å². The molecule has 0 aromatic carbocycles. The van der Waals surface area contributed by atoms with Crippen LogP contribution in [0.3, 0.4) is 0 Å². The third kappa shape index (κ3) is 4.03. The largest absolute Gasteiger partial charge is 0.289 e. The van der Waals surface area contributed by atoms with Crippen molar-refractivity contribution in [2.75, 3.05) is 0 Å². The van der Waals surface area contributed by atoms with Crippen LogP contribution in [0, 0.1) is 0 Å². The first-order valence-electron chi connectivity index (χ1n) is 3.01. The van der Waals surface area contributed by atoms with Crippen LogP contribution in [-0.2, 0) is 4.79 Å². The standard InChI is InChI=1S/C6H11FN2O/c1-3-5(7)8-9-6(10)4-2/h3,5,8H,1,4H2,2H3,(H,9,10). The van der Waals surface area contributed by atoms with Gasteiger partial charge in [0.15, 0.2) is 6.30 Å². The first-order valence-corrected chi connectivity index (χ1v) is 3.01. The highest BCUT2D eigenvalue weighted by molar-refractivity contribution is 5.74. The van der Waals surface area contributed by atoms with Gasteiger partial charge >= 0.3 is 0 Å². The quantitative estimate of drug-likeness (QED) is 0.344. The number of carbonyl (C=O) groups is 1. The van der Waals surface area contributed by atoms with E-state index in [0.29, 0.717) is 6.42 Å². The van der Waals surface area contributed by atoms with Crippen LogP contribution >= 0.6 is 0 Å². The Morgan fingerprint density at radius 1 is 1.90 bits per heavy atom. The number of hydrazine groups is 1. The van der Waals surface area contributed by atoms with Gasteiger partial charge in [-0.25, -0.2) is 4.39 Å². The van der Waals surface area contributed by atoms with E-state index in [-0.39, 0.29) is 5.91 Å². The van der Waals surface area contributed by atoms with E-state index in [0.717, 1.165) is 6.08 Å². The summed E-state index contributed by atoms with van der Waals surface area (Å²) in [6.07, 6.45) is 0.00258. The van der Waals surface area contributed by atoms with Gasteiger partial charge in [-0.05, 0) is 6.08 Å². The van der Waals surface area contributed by atoms with Crippen LogP contribution in [0.4, 0.5) is 4.39 Å². The van der Waals surface area contributed by atoms with Crippen LogP contribution in [0.2, 0.25) is 0 Å². The summed E-state index contributed by atoms with van der Waals surface area (Å²) in [4.78, 5) is 10.5. The monoisotopic (exact) mass is 146 g/mol. The van der Waals surface area contributed by atoms with Gasteiger partial charge in [0.1, 0.15) is 0 Å². The summed E-state index contributed by atoms with van der Waals surface area (Å²) in [5.41, 5.74) is 4.25. The second-order valence-electron chi connectivity index (χ2n) is 1.68. The number of amides is 1. The Morgan fingerprint density at radius 3 is 2.90 bits per heavy atom. The molecular weight excluding hydrogens is 135 g/mol.